The fourth-order valence-corrected chi connectivity index (χ4v) is 3.06. The number of benzene rings is 2. The van der Waals surface area contributed by atoms with Crippen LogP contribution in [0.15, 0.2) is 42.5 Å². The van der Waals surface area contributed by atoms with Crippen molar-refractivity contribution in [3.8, 4) is 5.75 Å². The number of carbonyl (C=O) groups excluding carboxylic acids is 2. The Morgan fingerprint density at radius 3 is 2.79 bits per heavy atom. The van der Waals surface area contributed by atoms with Gasteiger partial charge in [0, 0.05) is 13.0 Å². The quantitative estimate of drug-likeness (QED) is 0.712. The molecule has 7 nitrogen and oxygen atoms in total. The minimum atomic E-state index is -0.973. The van der Waals surface area contributed by atoms with Crippen LogP contribution in [0.25, 0.3) is 0 Å². The number of carboxylic acid groups (broad SMARTS) is 1. The average molecular weight is 383 g/mol. The number of aliphatic carboxylic acids is 1. The van der Waals surface area contributed by atoms with Crippen molar-refractivity contribution in [1.29, 1.82) is 0 Å². The fraction of sp³-hybridized carbons (Fsp3) is 0.286. The number of hydrogen-bond acceptors (Lipinski definition) is 5. The Bertz CT molecular complexity index is 908. The van der Waals surface area contributed by atoms with Crippen molar-refractivity contribution < 1.29 is 29.0 Å². The summed E-state index contributed by atoms with van der Waals surface area (Å²) in [5.74, 6) is -1.15. The van der Waals surface area contributed by atoms with Crippen molar-refractivity contribution >= 4 is 17.8 Å². The van der Waals surface area contributed by atoms with E-state index in [4.69, 9.17) is 14.6 Å². The maximum absolute atomic E-state index is 12.2. The summed E-state index contributed by atoms with van der Waals surface area (Å²) in [5.41, 5.74) is 3.23. The third-order valence-electron chi connectivity index (χ3n) is 4.48. The third kappa shape index (κ3) is 4.68. The van der Waals surface area contributed by atoms with Gasteiger partial charge in [0.2, 0.25) is 0 Å². The fourth-order valence-electron chi connectivity index (χ4n) is 3.06. The van der Waals surface area contributed by atoms with Crippen LogP contribution < -0.4 is 10.1 Å². The SMILES string of the molecule is Cc1cc(C2Cc3ccccc3C(=O)O2)ccc1OCC(=O)NCCC(=O)O. The first-order chi connectivity index (χ1) is 13.4. The van der Waals surface area contributed by atoms with E-state index in [1.807, 2.05) is 37.3 Å². The molecule has 146 valence electrons. The van der Waals surface area contributed by atoms with E-state index < -0.39 is 5.97 Å². The molecule has 2 aromatic rings. The number of esters is 1. The van der Waals surface area contributed by atoms with Gasteiger partial charge in [-0.2, -0.15) is 0 Å². The van der Waals surface area contributed by atoms with Crippen molar-refractivity contribution in [2.75, 3.05) is 13.2 Å². The summed E-state index contributed by atoms with van der Waals surface area (Å²) >= 11 is 0. The normalized spacial score (nSPS) is 15.3. The summed E-state index contributed by atoms with van der Waals surface area (Å²) in [6.07, 6.45) is 0.102. The van der Waals surface area contributed by atoms with Gasteiger partial charge in [-0.1, -0.05) is 24.3 Å². The van der Waals surface area contributed by atoms with Crippen molar-refractivity contribution in [3.63, 3.8) is 0 Å². The maximum atomic E-state index is 12.2. The van der Waals surface area contributed by atoms with E-state index in [0.29, 0.717) is 17.7 Å². The van der Waals surface area contributed by atoms with E-state index >= 15 is 0 Å². The second kappa shape index (κ2) is 8.56. The molecule has 2 aromatic carbocycles. The number of cyclic esters (lactones) is 1. The van der Waals surface area contributed by atoms with Crippen LogP contribution in [-0.4, -0.2) is 36.1 Å². The van der Waals surface area contributed by atoms with Gasteiger partial charge in [0.05, 0.1) is 12.0 Å². The number of hydrogen-bond donors (Lipinski definition) is 2. The minimum absolute atomic E-state index is 0.0595. The Kier molecular flexibility index (Phi) is 5.93. The van der Waals surface area contributed by atoms with Crippen LogP contribution >= 0.6 is 0 Å². The van der Waals surface area contributed by atoms with E-state index in [9.17, 15) is 14.4 Å². The number of aryl methyl sites for hydroxylation is 1. The number of carbonyl (C=O) groups is 3. The largest absolute Gasteiger partial charge is 0.484 e. The molecule has 1 aliphatic rings. The van der Waals surface area contributed by atoms with E-state index in [2.05, 4.69) is 5.32 Å². The second-order valence-electron chi connectivity index (χ2n) is 6.56. The second-order valence-corrected chi connectivity index (χ2v) is 6.56. The molecule has 0 spiro atoms. The molecule has 3 rings (SSSR count). The zero-order chi connectivity index (χ0) is 20.1. The Labute approximate surface area is 162 Å². The Hall–Kier alpha value is -3.35. The monoisotopic (exact) mass is 383 g/mol. The molecule has 0 saturated carbocycles. The van der Waals surface area contributed by atoms with Crippen LogP contribution in [0.3, 0.4) is 0 Å². The summed E-state index contributed by atoms with van der Waals surface area (Å²) in [6.45, 7) is 1.70. The lowest BCUT2D eigenvalue weighted by Crippen LogP contribution is -2.30. The van der Waals surface area contributed by atoms with Crippen molar-refractivity contribution in [2.24, 2.45) is 0 Å². The van der Waals surface area contributed by atoms with E-state index in [1.54, 1.807) is 12.1 Å². The molecule has 1 heterocycles. The van der Waals surface area contributed by atoms with Crippen molar-refractivity contribution in [2.45, 2.75) is 25.9 Å². The molecule has 2 N–H and O–H groups in total. The molecule has 28 heavy (non-hydrogen) atoms. The van der Waals surface area contributed by atoms with Crippen molar-refractivity contribution in [1.82, 2.24) is 5.32 Å². The molecule has 0 radical (unpaired) electrons. The highest BCUT2D eigenvalue weighted by Crippen LogP contribution is 2.32. The Morgan fingerprint density at radius 1 is 1.25 bits per heavy atom. The van der Waals surface area contributed by atoms with E-state index in [1.165, 1.54) is 0 Å². The standard InChI is InChI=1S/C21H21NO6/c1-13-10-15(18-11-14-4-2-3-5-16(14)21(26)28-18)6-7-17(13)27-12-19(23)22-9-8-20(24)25/h2-7,10,18H,8-9,11-12H2,1H3,(H,22,23)(H,24,25). The molecule has 0 saturated heterocycles. The lowest BCUT2D eigenvalue weighted by Gasteiger charge is -2.25. The predicted molar refractivity (Wildman–Crippen MR) is 100 cm³/mol. The average Bonchev–Trinajstić information content (AvgIpc) is 2.66. The number of ether oxygens (including phenoxy) is 2. The Balaban J connectivity index is 1.61. The zero-order valence-electron chi connectivity index (χ0n) is 15.4. The summed E-state index contributed by atoms with van der Waals surface area (Å²) in [5, 5.41) is 11.0. The van der Waals surface area contributed by atoms with Gasteiger partial charge in [-0.3, -0.25) is 9.59 Å². The highest BCUT2D eigenvalue weighted by molar-refractivity contribution is 5.92. The third-order valence-corrected chi connectivity index (χ3v) is 4.48. The lowest BCUT2D eigenvalue weighted by molar-refractivity contribution is -0.137. The number of rotatable bonds is 7. The van der Waals surface area contributed by atoms with Gasteiger partial charge in [0.15, 0.2) is 6.61 Å². The first-order valence-electron chi connectivity index (χ1n) is 8.95. The summed E-state index contributed by atoms with van der Waals surface area (Å²) < 4.78 is 11.1. The predicted octanol–water partition coefficient (Wildman–Crippen LogP) is 2.42. The molecule has 0 bridgehead atoms. The number of amides is 1. The molecule has 0 aromatic heterocycles. The van der Waals surface area contributed by atoms with Crippen LogP contribution in [-0.2, 0) is 20.7 Å². The summed E-state index contributed by atoms with van der Waals surface area (Å²) in [7, 11) is 0. The van der Waals surface area contributed by atoms with Gasteiger partial charge in [-0.15, -0.1) is 0 Å². The van der Waals surface area contributed by atoms with E-state index in [-0.39, 0.29) is 37.6 Å². The summed E-state index contributed by atoms with van der Waals surface area (Å²) in [6, 6.07) is 12.8. The maximum Gasteiger partial charge on any atom is 0.339 e. The highest BCUT2D eigenvalue weighted by Gasteiger charge is 2.27. The van der Waals surface area contributed by atoms with Gasteiger partial charge in [0.25, 0.3) is 5.91 Å². The number of fused-ring (bicyclic) bond motifs is 1. The van der Waals surface area contributed by atoms with Crippen LogP contribution in [0, 0.1) is 6.92 Å². The molecule has 1 amide bonds. The number of carboxylic acids is 1. The zero-order valence-corrected chi connectivity index (χ0v) is 15.4. The van der Waals surface area contributed by atoms with E-state index in [0.717, 1.165) is 16.7 Å². The smallest absolute Gasteiger partial charge is 0.339 e. The molecule has 0 fully saturated rings. The van der Waals surface area contributed by atoms with Gasteiger partial charge >= 0.3 is 11.9 Å². The minimum Gasteiger partial charge on any atom is -0.484 e. The molecular formula is C21H21NO6. The topological polar surface area (TPSA) is 102 Å². The molecule has 0 aliphatic carbocycles. The Morgan fingerprint density at radius 2 is 2.04 bits per heavy atom. The van der Waals surface area contributed by atoms with Gasteiger partial charge in [-0.05, 0) is 41.8 Å². The van der Waals surface area contributed by atoms with Gasteiger partial charge in [0.1, 0.15) is 11.9 Å². The number of nitrogens with one attached hydrogen (secondary N) is 1. The van der Waals surface area contributed by atoms with Gasteiger partial charge < -0.3 is 19.9 Å². The highest BCUT2D eigenvalue weighted by atomic mass is 16.5. The van der Waals surface area contributed by atoms with Gasteiger partial charge in [-0.25, -0.2) is 4.79 Å². The van der Waals surface area contributed by atoms with Crippen molar-refractivity contribution in [3.05, 3.63) is 64.7 Å². The van der Waals surface area contributed by atoms with Crippen LogP contribution in [0.5, 0.6) is 5.75 Å². The molecule has 1 aliphatic heterocycles. The van der Waals surface area contributed by atoms with Crippen LogP contribution in [0.1, 0.15) is 39.6 Å². The molecule has 1 unspecified atom stereocenters. The summed E-state index contributed by atoms with van der Waals surface area (Å²) in [4.78, 5) is 34.3. The molecular weight excluding hydrogens is 362 g/mol. The molecule has 1 atom stereocenters. The first-order valence-corrected chi connectivity index (χ1v) is 8.95. The molecule has 7 heteroatoms. The van der Waals surface area contributed by atoms with Crippen LogP contribution in [0.2, 0.25) is 0 Å². The van der Waals surface area contributed by atoms with Crippen LogP contribution in [0.4, 0.5) is 0 Å². The first kappa shape index (κ1) is 19.4. The lowest BCUT2D eigenvalue weighted by atomic mass is 9.94.